The monoisotopic (exact) mass is 199 g/mol. The van der Waals surface area contributed by atoms with Crippen LogP contribution < -0.4 is 11.3 Å². The van der Waals surface area contributed by atoms with Gasteiger partial charge in [0, 0.05) is 13.1 Å². The number of rotatable bonds is 0. The predicted molar refractivity (Wildman–Crippen MR) is 51.9 cm³/mol. The van der Waals surface area contributed by atoms with Gasteiger partial charge in [0.05, 0.1) is 0 Å². The molecular formula is C9H17N3O2. The molecule has 0 aromatic heterocycles. The molecule has 1 heterocycles. The van der Waals surface area contributed by atoms with E-state index in [-0.39, 0.29) is 0 Å². The van der Waals surface area contributed by atoms with E-state index in [2.05, 4.69) is 13.8 Å². The van der Waals surface area contributed by atoms with E-state index in [1.54, 1.807) is 4.90 Å². The molecule has 1 saturated heterocycles. The molecule has 0 spiro atoms. The molecule has 2 unspecified atom stereocenters. The highest BCUT2D eigenvalue weighted by atomic mass is 16.2. The number of nitrogens with zero attached hydrogens (tertiary/aromatic N) is 1. The Kier molecular flexibility index (Phi) is 3.46. The van der Waals surface area contributed by atoms with Crippen molar-refractivity contribution in [3.8, 4) is 0 Å². The molecule has 5 nitrogen and oxygen atoms in total. The molecule has 2 amide bonds. The Morgan fingerprint density at radius 2 is 1.79 bits per heavy atom. The van der Waals surface area contributed by atoms with Gasteiger partial charge in [0.25, 0.3) is 0 Å². The number of carbonyl (C=O) groups excluding carboxylic acids is 2. The van der Waals surface area contributed by atoms with Gasteiger partial charge in [-0.1, -0.05) is 13.8 Å². The molecule has 3 N–H and O–H groups in total. The summed E-state index contributed by atoms with van der Waals surface area (Å²) in [6.45, 7) is 5.46. The highest BCUT2D eigenvalue weighted by Gasteiger charge is 2.28. The maximum Gasteiger partial charge on any atom is 0.323 e. The highest BCUT2D eigenvalue weighted by Crippen LogP contribution is 2.20. The molecule has 0 bridgehead atoms. The van der Waals surface area contributed by atoms with Gasteiger partial charge in [-0.2, -0.15) is 0 Å². The average Bonchev–Trinajstić information content (AvgIpc) is 2.14. The van der Waals surface area contributed by atoms with Crippen molar-refractivity contribution in [3.63, 3.8) is 0 Å². The van der Waals surface area contributed by atoms with Crippen LogP contribution in [0.5, 0.6) is 0 Å². The minimum absolute atomic E-state index is 0.452. The first-order chi connectivity index (χ1) is 6.54. The van der Waals surface area contributed by atoms with Crippen LogP contribution >= 0.6 is 0 Å². The van der Waals surface area contributed by atoms with E-state index in [1.807, 2.05) is 5.43 Å². The van der Waals surface area contributed by atoms with Crippen LogP contribution in [0.25, 0.3) is 0 Å². The number of hydrogen-bond acceptors (Lipinski definition) is 3. The van der Waals surface area contributed by atoms with Gasteiger partial charge < -0.3 is 4.90 Å². The van der Waals surface area contributed by atoms with Crippen molar-refractivity contribution < 1.29 is 9.59 Å². The predicted octanol–water partition coefficient (Wildman–Crippen LogP) is -0.519. The second-order valence-electron chi connectivity index (χ2n) is 4.13. The zero-order valence-electron chi connectivity index (χ0n) is 8.62. The van der Waals surface area contributed by atoms with Gasteiger partial charge in [-0.05, 0) is 18.3 Å². The van der Waals surface area contributed by atoms with E-state index in [1.165, 1.54) is 0 Å². The minimum atomic E-state index is -0.730. The second kappa shape index (κ2) is 4.41. The third-order valence-corrected chi connectivity index (χ3v) is 2.48. The van der Waals surface area contributed by atoms with E-state index in [0.29, 0.717) is 24.9 Å². The molecule has 1 fully saturated rings. The Morgan fingerprint density at radius 1 is 1.29 bits per heavy atom. The topological polar surface area (TPSA) is 75.4 Å². The van der Waals surface area contributed by atoms with E-state index >= 15 is 0 Å². The van der Waals surface area contributed by atoms with Gasteiger partial charge >= 0.3 is 11.8 Å². The number of nitrogens with one attached hydrogen (secondary N) is 1. The first-order valence-corrected chi connectivity index (χ1v) is 4.84. The quantitative estimate of drug-likeness (QED) is 0.238. The van der Waals surface area contributed by atoms with Crippen LogP contribution in [0.4, 0.5) is 0 Å². The number of hydrogen-bond donors (Lipinski definition) is 2. The van der Waals surface area contributed by atoms with Gasteiger partial charge in [0.1, 0.15) is 0 Å². The lowest BCUT2D eigenvalue weighted by molar-refractivity contribution is -0.147. The Hall–Kier alpha value is -1.10. The molecule has 2 atom stereocenters. The Labute approximate surface area is 83.6 Å². The molecule has 1 rings (SSSR count). The summed E-state index contributed by atoms with van der Waals surface area (Å²) < 4.78 is 0. The number of nitrogens with two attached hydrogens (primary N) is 1. The summed E-state index contributed by atoms with van der Waals surface area (Å²) in [4.78, 5) is 24.0. The van der Waals surface area contributed by atoms with Crippen LogP contribution in [0.3, 0.4) is 0 Å². The van der Waals surface area contributed by atoms with E-state index < -0.39 is 11.8 Å². The first-order valence-electron chi connectivity index (χ1n) is 4.84. The molecule has 1 aliphatic heterocycles. The fraction of sp³-hybridized carbons (Fsp3) is 0.778. The number of amides is 2. The maximum absolute atomic E-state index is 11.5. The van der Waals surface area contributed by atoms with E-state index in [0.717, 1.165) is 6.42 Å². The lowest BCUT2D eigenvalue weighted by atomic mass is 9.92. The van der Waals surface area contributed by atoms with Crippen LogP contribution in [0, 0.1) is 11.8 Å². The van der Waals surface area contributed by atoms with E-state index in [4.69, 9.17) is 5.84 Å². The molecule has 0 radical (unpaired) electrons. The Morgan fingerprint density at radius 3 is 2.21 bits per heavy atom. The minimum Gasteiger partial charge on any atom is -0.334 e. The second-order valence-corrected chi connectivity index (χ2v) is 4.13. The standard InChI is InChI=1S/C9H17N3O2/c1-6-3-7(2)5-12(4-6)9(14)8(13)11-10/h6-7H,3-5,10H2,1-2H3,(H,11,13). The fourth-order valence-corrected chi connectivity index (χ4v) is 2.03. The lowest BCUT2D eigenvalue weighted by Gasteiger charge is -2.34. The number of piperidine rings is 1. The van der Waals surface area contributed by atoms with Crippen molar-refractivity contribution in [1.82, 2.24) is 10.3 Å². The number of hydrazine groups is 1. The SMILES string of the molecule is CC1CC(C)CN(C(=O)C(=O)NN)C1. The van der Waals surface area contributed by atoms with Crippen molar-refractivity contribution in [1.29, 1.82) is 0 Å². The van der Waals surface area contributed by atoms with Crippen LogP contribution in [0.2, 0.25) is 0 Å². The van der Waals surface area contributed by atoms with Gasteiger partial charge in [-0.25, -0.2) is 5.84 Å². The van der Waals surface area contributed by atoms with Gasteiger partial charge in [-0.3, -0.25) is 15.0 Å². The lowest BCUT2D eigenvalue weighted by Crippen LogP contribution is -2.50. The van der Waals surface area contributed by atoms with E-state index in [9.17, 15) is 9.59 Å². The third kappa shape index (κ3) is 2.45. The number of carbonyl (C=O) groups is 2. The summed E-state index contributed by atoms with van der Waals surface area (Å²) >= 11 is 0. The van der Waals surface area contributed by atoms with Crippen molar-refractivity contribution in [2.24, 2.45) is 17.7 Å². The normalized spacial score (nSPS) is 27.2. The van der Waals surface area contributed by atoms with Crippen molar-refractivity contribution >= 4 is 11.8 Å². The Balaban J connectivity index is 2.59. The molecule has 0 aromatic rings. The zero-order valence-corrected chi connectivity index (χ0v) is 8.62. The van der Waals surface area contributed by atoms with Crippen molar-refractivity contribution in [2.75, 3.05) is 13.1 Å². The molecule has 0 aliphatic carbocycles. The van der Waals surface area contributed by atoms with Crippen LogP contribution in [-0.2, 0) is 9.59 Å². The molecule has 0 saturated carbocycles. The smallest absolute Gasteiger partial charge is 0.323 e. The molecule has 1 aliphatic rings. The van der Waals surface area contributed by atoms with Gasteiger partial charge in [0.15, 0.2) is 0 Å². The zero-order chi connectivity index (χ0) is 10.7. The summed E-state index contributed by atoms with van der Waals surface area (Å²) in [6.07, 6.45) is 1.11. The molecule has 14 heavy (non-hydrogen) atoms. The largest absolute Gasteiger partial charge is 0.334 e. The molecular weight excluding hydrogens is 182 g/mol. The fourth-order valence-electron chi connectivity index (χ4n) is 2.03. The first kappa shape index (κ1) is 11.0. The summed E-state index contributed by atoms with van der Waals surface area (Å²) in [5, 5.41) is 0. The summed E-state index contributed by atoms with van der Waals surface area (Å²) in [7, 11) is 0. The van der Waals surface area contributed by atoms with Crippen LogP contribution in [-0.4, -0.2) is 29.8 Å². The average molecular weight is 199 g/mol. The molecule has 0 aromatic carbocycles. The van der Waals surface area contributed by atoms with Gasteiger partial charge in [-0.15, -0.1) is 0 Å². The highest BCUT2D eigenvalue weighted by molar-refractivity contribution is 6.34. The summed E-state index contributed by atoms with van der Waals surface area (Å²) in [6, 6.07) is 0. The molecule has 5 heteroatoms. The Bertz CT molecular complexity index is 232. The maximum atomic E-state index is 11.5. The van der Waals surface area contributed by atoms with Gasteiger partial charge in [0.2, 0.25) is 0 Å². The number of likely N-dealkylation sites (tertiary alicyclic amines) is 1. The van der Waals surface area contributed by atoms with Crippen LogP contribution in [0.15, 0.2) is 0 Å². The molecule has 80 valence electrons. The third-order valence-electron chi connectivity index (χ3n) is 2.48. The van der Waals surface area contributed by atoms with Crippen molar-refractivity contribution in [2.45, 2.75) is 20.3 Å². The van der Waals surface area contributed by atoms with Crippen molar-refractivity contribution in [3.05, 3.63) is 0 Å². The van der Waals surface area contributed by atoms with Crippen LogP contribution in [0.1, 0.15) is 20.3 Å². The summed E-state index contributed by atoms with van der Waals surface area (Å²) in [5.41, 5.74) is 1.86. The summed E-state index contributed by atoms with van der Waals surface area (Å²) in [5.74, 6) is 4.55.